The number of fused-ring (bicyclic) bond motifs is 3. The summed E-state index contributed by atoms with van der Waals surface area (Å²) in [6.07, 6.45) is 12.3. The highest BCUT2D eigenvalue weighted by molar-refractivity contribution is 6.39. The number of carbonyl (C=O) groups excluding carboxylic acids is 5. The largest absolute Gasteiger partial charge is 0.460 e. The Hall–Kier alpha value is -3.49. The summed E-state index contributed by atoms with van der Waals surface area (Å²) in [4.78, 5) is 75.4. The van der Waals surface area contributed by atoms with E-state index in [1.807, 2.05) is 58.1 Å². The van der Waals surface area contributed by atoms with E-state index >= 15 is 0 Å². The first-order valence-electron chi connectivity index (χ1n) is 28.3. The minimum absolute atomic E-state index is 0.00402. The van der Waals surface area contributed by atoms with Crippen molar-refractivity contribution in [1.82, 2.24) is 9.80 Å². The second kappa shape index (κ2) is 31.3. The van der Waals surface area contributed by atoms with Crippen molar-refractivity contribution in [3.63, 3.8) is 0 Å². The summed E-state index contributed by atoms with van der Waals surface area (Å²) < 4.78 is 47.7. The van der Waals surface area contributed by atoms with E-state index < -0.39 is 77.8 Å². The number of morpholine rings is 1. The van der Waals surface area contributed by atoms with Gasteiger partial charge in [0.25, 0.3) is 11.7 Å². The van der Waals surface area contributed by atoms with Crippen LogP contribution in [-0.2, 0) is 61.9 Å². The highest BCUT2D eigenvalue weighted by atomic mass is 16.6. The number of hydrogen-bond donors (Lipinski definition) is 2. The molecule has 0 radical (unpaired) electrons. The van der Waals surface area contributed by atoms with Gasteiger partial charge in [-0.3, -0.25) is 24.1 Å². The van der Waals surface area contributed by atoms with Crippen LogP contribution in [0.4, 0.5) is 0 Å². The van der Waals surface area contributed by atoms with Gasteiger partial charge in [0.2, 0.25) is 5.79 Å². The number of hydrogen-bond acceptors (Lipinski definition) is 16. The zero-order valence-corrected chi connectivity index (χ0v) is 47.5. The molecular weight excluding hydrogens is 977 g/mol. The van der Waals surface area contributed by atoms with Crippen LogP contribution in [0.5, 0.6) is 0 Å². The molecule has 4 aliphatic heterocycles. The number of piperidine rings is 1. The van der Waals surface area contributed by atoms with Gasteiger partial charge in [-0.2, -0.15) is 0 Å². The van der Waals surface area contributed by atoms with Crippen molar-refractivity contribution in [2.75, 3.05) is 80.5 Å². The zero-order valence-electron chi connectivity index (χ0n) is 47.5. The van der Waals surface area contributed by atoms with Crippen molar-refractivity contribution in [2.45, 2.75) is 180 Å². The maximum absolute atomic E-state index is 14.6. The minimum atomic E-state index is -2.46. The number of nitrogens with zero attached hydrogens (tertiary/aromatic N) is 2. The molecule has 4 heterocycles. The number of Topliss-reactive ketones (excluding diaryl/α,β-unsaturated/α-hetero) is 3. The molecule has 2 bridgehead atoms. The predicted octanol–water partition coefficient (Wildman–Crippen LogP) is 6.55. The Balaban J connectivity index is 1.43. The molecule has 0 aromatic carbocycles. The fourth-order valence-corrected chi connectivity index (χ4v) is 11.6. The lowest BCUT2D eigenvalue weighted by Gasteiger charge is -2.43. The summed E-state index contributed by atoms with van der Waals surface area (Å²) in [5, 5.41) is 23.7. The first-order valence-corrected chi connectivity index (χ1v) is 28.3. The summed E-state index contributed by atoms with van der Waals surface area (Å²) >= 11 is 0. The predicted molar refractivity (Wildman–Crippen MR) is 287 cm³/mol. The fraction of sp³-hybridized carbons (Fsp3) is 0.780. The molecule has 17 heteroatoms. The minimum Gasteiger partial charge on any atom is -0.460 e. The topological polar surface area (TPSA) is 206 Å². The molecule has 5 aliphatic rings. The average molecular weight is 1070 g/mol. The molecule has 1 amide bonds. The molecule has 3 saturated heterocycles. The number of rotatable bonds is 13. The molecule has 1 saturated carbocycles. The van der Waals surface area contributed by atoms with Gasteiger partial charge in [0.05, 0.1) is 57.5 Å². The van der Waals surface area contributed by atoms with Gasteiger partial charge in [0, 0.05) is 78.1 Å². The smallest absolute Gasteiger partial charge is 0.329 e. The monoisotopic (exact) mass is 1070 g/mol. The van der Waals surface area contributed by atoms with Gasteiger partial charge in [-0.25, -0.2) is 4.79 Å². The molecule has 0 aromatic heterocycles. The third-order valence-corrected chi connectivity index (χ3v) is 16.6. The number of aliphatic hydroxyl groups is 2. The van der Waals surface area contributed by atoms with Crippen molar-refractivity contribution in [2.24, 2.45) is 35.5 Å². The standard InChI is InChI=1S/C59H94N2O15/c1-38-16-12-11-13-17-39(2)50(74-31-30-69-8)36-46-21-19-44(7)59(68,76-46)56(65)57(66)61-23-15-14-18-47(61)58(67)75-51(37-48(62)40(3)33-43(6)54(64)55(71-10)53(63)42(5)32-38)41(4)34-45-20-22-49(52(35-45)70-9)73-29-26-60-24-27-72-28-25-60/h11-13,16-17,33,38,40-42,44-47,49-52,54-55,64,68H,14-15,18-32,34-37H2,1-10H3/b13-11+,16-12+,39-17+,43-33+/t38-,40-,41-,42-,44-,45+,46+,47?,49-,50?,51+,52-,54-,55+,59-/m1/s1. The van der Waals surface area contributed by atoms with Crippen LogP contribution >= 0.6 is 0 Å². The van der Waals surface area contributed by atoms with Crippen LogP contribution in [0.2, 0.25) is 0 Å². The van der Waals surface area contributed by atoms with E-state index in [-0.39, 0.29) is 73.9 Å². The number of amides is 1. The van der Waals surface area contributed by atoms with E-state index in [2.05, 4.69) is 4.90 Å². The quantitative estimate of drug-likeness (QED) is 0.0868. The number of aliphatic hydroxyl groups excluding tert-OH is 1. The van der Waals surface area contributed by atoms with E-state index in [0.29, 0.717) is 63.7 Å². The van der Waals surface area contributed by atoms with Crippen molar-refractivity contribution in [3.8, 4) is 0 Å². The Morgan fingerprint density at radius 2 is 1.55 bits per heavy atom. The van der Waals surface area contributed by atoms with Gasteiger partial charge >= 0.3 is 5.97 Å². The molecule has 2 unspecified atom stereocenters. The molecule has 15 atom stereocenters. The first-order chi connectivity index (χ1) is 36.3. The maximum Gasteiger partial charge on any atom is 0.329 e. The maximum atomic E-state index is 14.6. The SMILES string of the molecule is COCCOC1C[C@@H]2CC[C@@H](C)[C@@](O)(O2)C(=O)C(=O)N2CCCCC2C(=O)O[C@H]([C@H](C)C[C@@H]2CC[C@@H](OCCN3CCOCC3)[C@H](OC)C2)CC(=O)[C@H](C)/C=C(\C)[C@@H](O)[C@@H](OC)C(=O)[C@H](C)C[C@H](C)/C=C/C=C/C=C/1C. The molecule has 4 fully saturated rings. The second-order valence-electron chi connectivity index (χ2n) is 22.5. The lowest BCUT2D eigenvalue weighted by molar-refractivity contribution is -0.266. The van der Waals surface area contributed by atoms with Gasteiger partial charge in [0.15, 0.2) is 5.78 Å². The van der Waals surface area contributed by atoms with Crippen molar-refractivity contribution >= 4 is 29.2 Å². The lowest BCUT2D eigenvalue weighted by Crippen LogP contribution is -2.61. The number of ketones is 3. The van der Waals surface area contributed by atoms with Crippen LogP contribution in [0.15, 0.2) is 47.6 Å². The molecule has 1 aliphatic carbocycles. The van der Waals surface area contributed by atoms with Gasteiger partial charge < -0.3 is 53.0 Å². The summed E-state index contributed by atoms with van der Waals surface area (Å²) in [7, 11) is 4.67. The molecule has 5 rings (SSSR count). The molecular formula is C59H94N2O15. The van der Waals surface area contributed by atoms with E-state index in [4.69, 9.17) is 37.9 Å². The second-order valence-corrected chi connectivity index (χ2v) is 22.5. The van der Waals surface area contributed by atoms with Gasteiger partial charge in [-0.1, -0.05) is 71.1 Å². The van der Waals surface area contributed by atoms with Gasteiger partial charge in [-0.05, 0) is 107 Å². The lowest BCUT2D eigenvalue weighted by atomic mass is 9.78. The van der Waals surface area contributed by atoms with E-state index in [9.17, 15) is 34.2 Å². The Labute approximate surface area is 453 Å². The van der Waals surface area contributed by atoms with Crippen molar-refractivity contribution in [1.29, 1.82) is 0 Å². The zero-order chi connectivity index (χ0) is 55.5. The van der Waals surface area contributed by atoms with Crippen LogP contribution in [0.25, 0.3) is 0 Å². The summed E-state index contributed by atoms with van der Waals surface area (Å²) in [6, 6.07) is -1.15. The van der Waals surface area contributed by atoms with Crippen LogP contribution in [0.1, 0.15) is 126 Å². The Kier molecular flexibility index (Phi) is 26.1. The van der Waals surface area contributed by atoms with Gasteiger partial charge in [-0.15, -0.1) is 0 Å². The Bertz CT molecular complexity index is 2000. The van der Waals surface area contributed by atoms with E-state index in [1.54, 1.807) is 41.1 Å². The molecule has 76 heavy (non-hydrogen) atoms. The van der Waals surface area contributed by atoms with Crippen molar-refractivity contribution in [3.05, 3.63) is 47.6 Å². The van der Waals surface area contributed by atoms with Gasteiger partial charge in [0.1, 0.15) is 30.1 Å². The summed E-state index contributed by atoms with van der Waals surface area (Å²) in [5.74, 6) is -7.94. The number of methoxy groups -OCH3 is 3. The van der Waals surface area contributed by atoms with Crippen LogP contribution < -0.4 is 0 Å². The molecule has 430 valence electrons. The summed E-state index contributed by atoms with van der Waals surface area (Å²) in [6.45, 7) is 18.1. The molecule has 0 spiro atoms. The van der Waals surface area contributed by atoms with E-state index in [1.165, 1.54) is 12.0 Å². The fourth-order valence-electron chi connectivity index (χ4n) is 11.6. The number of allylic oxidation sites excluding steroid dienone is 6. The molecule has 2 N–H and O–H groups in total. The number of esters is 1. The third kappa shape index (κ3) is 18.0. The normalized spacial score (nSPS) is 37.8. The van der Waals surface area contributed by atoms with Crippen LogP contribution in [-0.4, -0.2) is 184 Å². The number of cyclic esters (lactones) is 1. The highest BCUT2D eigenvalue weighted by Crippen LogP contribution is 2.38. The van der Waals surface area contributed by atoms with Crippen LogP contribution in [0.3, 0.4) is 0 Å². The first kappa shape index (κ1) is 63.3. The number of ether oxygens (including phenoxy) is 8. The molecule has 17 nitrogen and oxygen atoms in total. The Morgan fingerprint density at radius 3 is 2.26 bits per heavy atom. The van der Waals surface area contributed by atoms with E-state index in [0.717, 1.165) is 51.3 Å². The highest BCUT2D eigenvalue weighted by Gasteiger charge is 2.53. The number of carbonyl (C=O) groups is 5. The Morgan fingerprint density at radius 1 is 0.803 bits per heavy atom. The third-order valence-electron chi connectivity index (χ3n) is 16.6. The summed E-state index contributed by atoms with van der Waals surface area (Å²) in [5.41, 5.74) is 1.26. The van der Waals surface area contributed by atoms with Crippen molar-refractivity contribution < 1.29 is 72.1 Å². The molecule has 0 aromatic rings. The average Bonchev–Trinajstić information content (AvgIpc) is 3.42. The van der Waals surface area contributed by atoms with Crippen LogP contribution in [0, 0.1) is 35.5 Å².